The van der Waals surface area contributed by atoms with E-state index < -0.39 is 59.7 Å². The Labute approximate surface area is 205 Å². The molecule has 35 heavy (non-hydrogen) atoms. The fraction of sp³-hybridized carbons (Fsp3) is 0.542. The molecule has 0 aliphatic carbocycles. The van der Waals surface area contributed by atoms with Crippen molar-refractivity contribution in [3.8, 4) is 0 Å². The van der Waals surface area contributed by atoms with E-state index >= 15 is 0 Å². The predicted molar refractivity (Wildman–Crippen MR) is 130 cm³/mol. The van der Waals surface area contributed by atoms with Crippen molar-refractivity contribution in [1.29, 1.82) is 0 Å². The van der Waals surface area contributed by atoms with Gasteiger partial charge < -0.3 is 32.5 Å². The molecule has 11 nitrogen and oxygen atoms in total. The van der Waals surface area contributed by atoms with Crippen LogP contribution in [0.4, 0.5) is 0 Å². The minimum absolute atomic E-state index is 0.181. The summed E-state index contributed by atoms with van der Waals surface area (Å²) in [6.45, 7) is 6.84. The van der Waals surface area contributed by atoms with Crippen LogP contribution >= 0.6 is 0 Å². The topological polar surface area (TPSA) is 194 Å². The van der Waals surface area contributed by atoms with Crippen LogP contribution in [0.2, 0.25) is 0 Å². The van der Waals surface area contributed by atoms with Crippen LogP contribution < -0.4 is 27.4 Å². The molecule has 0 heterocycles. The molecule has 0 aliphatic rings. The molecular weight excluding hydrogens is 454 g/mol. The summed E-state index contributed by atoms with van der Waals surface area (Å²) in [5.41, 5.74) is 12.0. The lowest BCUT2D eigenvalue weighted by molar-refractivity contribution is -0.143. The van der Waals surface area contributed by atoms with Gasteiger partial charge in [-0.15, -0.1) is 0 Å². The second-order valence-electron chi connectivity index (χ2n) is 9.16. The van der Waals surface area contributed by atoms with Crippen molar-refractivity contribution < 1.29 is 29.1 Å². The number of primary amides is 1. The van der Waals surface area contributed by atoms with E-state index in [4.69, 9.17) is 11.5 Å². The molecule has 4 amide bonds. The quantitative estimate of drug-likeness (QED) is 0.205. The van der Waals surface area contributed by atoms with Gasteiger partial charge in [-0.25, -0.2) is 4.79 Å². The van der Waals surface area contributed by atoms with Gasteiger partial charge in [0.15, 0.2) is 0 Å². The first-order valence-corrected chi connectivity index (χ1v) is 11.5. The Hall–Kier alpha value is -3.47. The second-order valence-corrected chi connectivity index (χ2v) is 9.16. The van der Waals surface area contributed by atoms with Crippen LogP contribution in [0, 0.1) is 11.8 Å². The molecule has 0 saturated carbocycles. The third-order valence-electron chi connectivity index (χ3n) is 5.42. The van der Waals surface area contributed by atoms with Gasteiger partial charge in [-0.1, -0.05) is 58.0 Å². The van der Waals surface area contributed by atoms with Crippen molar-refractivity contribution in [1.82, 2.24) is 16.0 Å². The molecule has 0 fully saturated rings. The van der Waals surface area contributed by atoms with Crippen LogP contribution in [0.3, 0.4) is 0 Å². The number of carboxylic acids is 1. The van der Waals surface area contributed by atoms with Gasteiger partial charge in [-0.3, -0.25) is 19.2 Å². The standard InChI is InChI=1S/C24H37N5O6/c1-13(2)19(22(32)27-17(24(34)35)10-11-18(26)30)29-23(33)20(14(3)4)28-21(31)16(25)12-15-8-6-5-7-9-15/h5-9,13-14,16-17,19-20H,10-12,25H2,1-4H3,(H2,26,30)(H,27,32)(H,28,31)(H,29,33)(H,34,35). The SMILES string of the molecule is CC(C)C(NC(=O)C(N)Cc1ccccc1)C(=O)NC(C(=O)NC(CCC(N)=O)C(=O)O)C(C)C. The number of amides is 4. The van der Waals surface area contributed by atoms with E-state index in [0.717, 1.165) is 5.56 Å². The zero-order chi connectivity index (χ0) is 26.7. The largest absolute Gasteiger partial charge is 0.480 e. The van der Waals surface area contributed by atoms with Crippen molar-refractivity contribution in [3.05, 3.63) is 35.9 Å². The summed E-state index contributed by atoms with van der Waals surface area (Å²) in [5, 5.41) is 17.0. The third kappa shape index (κ3) is 10.1. The predicted octanol–water partition coefficient (Wildman–Crippen LogP) is -0.327. The highest BCUT2D eigenvalue weighted by Crippen LogP contribution is 2.09. The number of rotatable bonds is 14. The zero-order valence-corrected chi connectivity index (χ0v) is 20.6. The molecule has 4 atom stereocenters. The summed E-state index contributed by atoms with van der Waals surface area (Å²) in [4.78, 5) is 60.9. The highest BCUT2D eigenvalue weighted by Gasteiger charge is 2.33. The molecular formula is C24H37N5O6. The Kier molecular flexibility index (Phi) is 11.9. The molecule has 1 rings (SSSR count). The van der Waals surface area contributed by atoms with Crippen molar-refractivity contribution in [2.45, 2.75) is 71.1 Å². The van der Waals surface area contributed by atoms with E-state index in [1.165, 1.54) is 0 Å². The van der Waals surface area contributed by atoms with Crippen LogP contribution in [0.25, 0.3) is 0 Å². The molecule has 0 bridgehead atoms. The number of benzene rings is 1. The minimum Gasteiger partial charge on any atom is -0.480 e. The van der Waals surface area contributed by atoms with Crippen molar-refractivity contribution in [3.63, 3.8) is 0 Å². The first-order chi connectivity index (χ1) is 16.3. The fourth-order valence-corrected chi connectivity index (χ4v) is 3.34. The summed E-state index contributed by atoms with van der Waals surface area (Å²) in [7, 11) is 0. The number of nitrogens with two attached hydrogens (primary N) is 2. The monoisotopic (exact) mass is 491 g/mol. The number of nitrogens with one attached hydrogen (secondary N) is 3. The molecule has 1 aromatic rings. The van der Waals surface area contributed by atoms with Gasteiger partial charge in [0, 0.05) is 6.42 Å². The summed E-state index contributed by atoms with van der Waals surface area (Å²) in [5.74, 6) is -4.56. The Morgan fingerprint density at radius 2 is 1.31 bits per heavy atom. The van der Waals surface area contributed by atoms with Gasteiger partial charge in [0.25, 0.3) is 0 Å². The van der Waals surface area contributed by atoms with Crippen LogP contribution in [0.5, 0.6) is 0 Å². The third-order valence-corrected chi connectivity index (χ3v) is 5.42. The van der Waals surface area contributed by atoms with E-state index in [-0.39, 0.29) is 25.2 Å². The summed E-state index contributed by atoms with van der Waals surface area (Å²) in [6, 6.07) is 4.96. The lowest BCUT2D eigenvalue weighted by atomic mass is 9.98. The number of carbonyl (C=O) groups is 5. The maximum Gasteiger partial charge on any atom is 0.326 e. The normalized spacial score (nSPS) is 14.5. The molecule has 0 radical (unpaired) electrons. The van der Waals surface area contributed by atoms with E-state index in [1.807, 2.05) is 30.3 Å². The van der Waals surface area contributed by atoms with E-state index in [1.54, 1.807) is 27.7 Å². The van der Waals surface area contributed by atoms with Crippen LogP contribution in [0.15, 0.2) is 30.3 Å². The molecule has 0 aromatic heterocycles. The number of carbonyl (C=O) groups excluding carboxylic acids is 4. The number of hydrogen-bond donors (Lipinski definition) is 6. The van der Waals surface area contributed by atoms with E-state index in [2.05, 4.69) is 16.0 Å². The summed E-state index contributed by atoms with van der Waals surface area (Å²) in [6.07, 6.45) is -0.113. The minimum atomic E-state index is -1.34. The average Bonchev–Trinajstić information content (AvgIpc) is 2.77. The molecule has 194 valence electrons. The van der Waals surface area contributed by atoms with Crippen LogP contribution in [-0.4, -0.2) is 58.9 Å². The van der Waals surface area contributed by atoms with Gasteiger partial charge in [-0.05, 0) is 30.2 Å². The molecule has 8 N–H and O–H groups in total. The Bertz CT molecular complexity index is 890. The summed E-state index contributed by atoms with van der Waals surface area (Å²) >= 11 is 0. The van der Waals surface area contributed by atoms with Gasteiger partial charge >= 0.3 is 5.97 Å². The Morgan fingerprint density at radius 3 is 1.77 bits per heavy atom. The van der Waals surface area contributed by atoms with Gasteiger partial charge in [0.1, 0.15) is 18.1 Å². The highest BCUT2D eigenvalue weighted by atomic mass is 16.4. The molecule has 0 spiro atoms. The van der Waals surface area contributed by atoms with Crippen molar-refractivity contribution in [2.24, 2.45) is 23.3 Å². The van der Waals surface area contributed by atoms with Crippen molar-refractivity contribution in [2.75, 3.05) is 0 Å². The number of aliphatic carboxylic acids is 1. The van der Waals surface area contributed by atoms with Gasteiger partial charge in [0.2, 0.25) is 23.6 Å². The van der Waals surface area contributed by atoms with E-state index in [9.17, 15) is 29.1 Å². The Balaban J connectivity index is 2.87. The number of carboxylic acid groups (broad SMARTS) is 1. The molecule has 11 heteroatoms. The van der Waals surface area contributed by atoms with Crippen molar-refractivity contribution >= 4 is 29.6 Å². The first-order valence-electron chi connectivity index (χ1n) is 11.5. The number of hydrogen-bond acceptors (Lipinski definition) is 6. The first kappa shape index (κ1) is 29.6. The van der Waals surface area contributed by atoms with Crippen LogP contribution in [-0.2, 0) is 30.4 Å². The maximum atomic E-state index is 13.0. The molecule has 4 unspecified atom stereocenters. The molecule has 1 aromatic carbocycles. The second kappa shape index (κ2) is 14.1. The van der Waals surface area contributed by atoms with Crippen LogP contribution in [0.1, 0.15) is 46.1 Å². The highest BCUT2D eigenvalue weighted by molar-refractivity contribution is 5.94. The van der Waals surface area contributed by atoms with E-state index in [0.29, 0.717) is 0 Å². The Morgan fingerprint density at radius 1 is 0.829 bits per heavy atom. The maximum absolute atomic E-state index is 13.0. The van der Waals surface area contributed by atoms with Gasteiger partial charge in [0.05, 0.1) is 6.04 Å². The fourth-order valence-electron chi connectivity index (χ4n) is 3.34. The van der Waals surface area contributed by atoms with Gasteiger partial charge in [-0.2, -0.15) is 0 Å². The molecule has 0 aliphatic heterocycles. The smallest absolute Gasteiger partial charge is 0.326 e. The summed E-state index contributed by atoms with van der Waals surface area (Å²) < 4.78 is 0. The average molecular weight is 492 g/mol. The molecule has 0 saturated heterocycles. The lowest BCUT2D eigenvalue weighted by Gasteiger charge is -2.28. The zero-order valence-electron chi connectivity index (χ0n) is 20.6. The lowest BCUT2D eigenvalue weighted by Crippen LogP contribution is -2.59.